The molecule has 23 heavy (non-hydrogen) atoms. The second-order valence-electron chi connectivity index (χ2n) is 4.70. The third kappa shape index (κ3) is 5.38. The zero-order valence-corrected chi connectivity index (χ0v) is 13.6. The third-order valence-electron chi connectivity index (χ3n) is 3.11. The van der Waals surface area contributed by atoms with Crippen molar-refractivity contribution in [2.75, 3.05) is 20.3 Å². The van der Waals surface area contributed by atoms with Gasteiger partial charge in [-0.05, 0) is 18.2 Å². The smallest absolute Gasteiger partial charge is 0.315 e. The van der Waals surface area contributed by atoms with E-state index in [2.05, 4.69) is 10.6 Å². The Bertz CT molecular complexity index is 649. The van der Waals surface area contributed by atoms with Crippen LogP contribution in [0, 0.1) is 0 Å². The highest BCUT2D eigenvalue weighted by molar-refractivity contribution is 6.32. The minimum atomic E-state index is -0.265. The number of methoxy groups -OCH3 is 1. The third-order valence-corrected chi connectivity index (χ3v) is 3.43. The lowest BCUT2D eigenvalue weighted by Gasteiger charge is -2.11. The second-order valence-corrected chi connectivity index (χ2v) is 5.11. The maximum Gasteiger partial charge on any atom is 0.315 e. The number of hydrogen-bond donors (Lipinski definition) is 2. The molecule has 2 aromatic rings. The Morgan fingerprint density at radius 3 is 2.48 bits per heavy atom. The molecular formula is C17H19ClN2O3. The van der Waals surface area contributed by atoms with Crippen LogP contribution in [0.25, 0.3) is 0 Å². The molecule has 2 amide bonds. The molecule has 0 saturated carbocycles. The Morgan fingerprint density at radius 2 is 1.74 bits per heavy atom. The maximum absolute atomic E-state index is 11.7. The number of carbonyl (C=O) groups is 1. The SMILES string of the molecule is COc1ccccc1CNC(=O)NCCOc1ccccc1Cl. The zero-order valence-electron chi connectivity index (χ0n) is 12.8. The van der Waals surface area contributed by atoms with Gasteiger partial charge in [-0.1, -0.05) is 41.9 Å². The van der Waals surface area contributed by atoms with Crippen molar-refractivity contribution in [1.29, 1.82) is 0 Å². The summed E-state index contributed by atoms with van der Waals surface area (Å²) < 4.78 is 10.7. The number of amides is 2. The van der Waals surface area contributed by atoms with E-state index in [-0.39, 0.29) is 6.03 Å². The van der Waals surface area contributed by atoms with E-state index in [1.807, 2.05) is 36.4 Å². The fourth-order valence-corrected chi connectivity index (χ4v) is 2.16. The number of urea groups is 1. The van der Waals surface area contributed by atoms with E-state index >= 15 is 0 Å². The van der Waals surface area contributed by atoms with E-state index in [0.29, 0.717) is 30.5 Å². The van der Waals surface area contributed by atoms with Gasteiger partial charge in [-0.15, -0.1) is 0 Å². The average Bonchev–Trinajstić information content (AvgIpc) is 2.58. The van der Waals surface area contributed by atoms with Crippen LogP contribution >= 0.6 is 11.6 Å². The van der Waals surface area contributed by atoms with Gasteiger partial charge in [0.1, 0.15) is 18.1 Å². The van der Waals surface area contributed by atoms with Crippen LogP contribution in [0.4, 0.5) is 4.79 Å². The lowest BCUT2D eigenvalue weighted by Crippen LogP contribution is -2.37. The van der Waals surface area contributed by atoms with Gasteiger partial charge in [0.05, 0.1) is 18.7 Å². The van der Waals surface area contributed by atoms with Crippen LogP contribution < -0.4 is 20.1 Å². The topological polar surface area (TPSA) is 59.6 Å². The Balaban J connectivity index is 1.68. The Hall–Kier alpha value is -2.40. The predicted octanol–water partition coefficient (Wildman–Crippen LogP) is 3.23. The molecule has 0 heterocycles. The Kier molecular flexibility index (Phi) is 6.56. The number of ether oxygens (including phenoxy) is 2. The number of rotatable bonds is 7. The largest absolute Gasteiger partial charge is 0.496 e. The summed E-state index contributed by atoms with van der Waals surface area (Å²) in [5.74, 6) is 1.35. The highest BCUT2D eigenvalue weighted by Gasteiger charge is 2.05. The van der Waals surface area contributed by atoms with E-state index in [1.54, 1.807) is 19.2 Å². The first-order valence-corrected chi connectivity index (χ1v) is 7.59. The van der Waals surface area contributed by atoms with Crippen molar-refractivity contribution in [3.8, 4) is 11.5 Å². The summed E-state index contributed by atoms with van der Waals surface area (Å²) in [7, 11) is 1.60. The number of halogens is 1. The molecular weight excluding hydrogens is 316 g/mol. The van der Waals surface area contributed by atoms with Gasteiger partial charge in [-0.25, -0.2) is 4.79 Å². The van der Waals surface area contributed by atoms with Crippen molar-refractivity contribution >= 4 is 17.6 Å². The number of carbonyl (C=O) groups excluding carboxylic acids is 1. The van der Waals surface area contributed by atoms with E-state index in [0.717, 1.165) is 11.3 Å². The summed E-state index contributed by atoms with van der Waals surface area (Å²) in [5.41, 5.74) is 0.914. The van der Waals surface area contributed by atoms with Gasteiger partial charge in [-0.2, -0.15) is 0 Å². The number of nitrogens with one attached hydrogen (secondary N) is 2. The molecule has 122 valence electrons. The average molecular weight is 335 g/mol. The first-order chi connectivity index (χ1) is 11.2. The molecule has 0 radical (unpaired) electrons. The lowest BCUT2D eigenvalue weighted by atomic mass is 10.2. The van der Waals surface area contributed by atoms with Crippen molar-refractivity contribution in [3.63, 3.8) is 0 Å². The zero-order chi connectivity index (χ0) is 16.5. The molecule has 0 fully saturated rings. The van der Waals surface area contributed by atoms with Crippen LogP contribution in [0.15, 0.2) is 48.5 Å². The quantitative estimate of drug-likeness (QED) is 0.764. The summed E-state index contributed by atoms with van der Waals surface area (Å²) in [6.07, 6.45) is 0. The number of para-hydroxylation sites is 2. The van der Waals surface area contributed by atoms with Gasteiger partial charge in [-0.3, -0.25) is 0 Å². The highest BCUT2D eigenvalue weighted by Crippen LogP contribution is 2.22. The molecule has 0 saturated heterocycles. The van der Waals surface area contributed by atoms with E-state index in [4.69, 9.17) is 21.1 Å². The molecule has 2 aromatic carbocycles. The monoisotopic (exact) mass is 334 g/mol. The van der Waals surface area contributed by atoms with Gasteiger partial charge in [0, 0.05) is 12.1 Å². The molecule has 0 aliphatic carbocycles. The fraction of sp³-hybridized carbons (Fsp3) is 0.235. The van der Waals surface area contributed by atoms with Crippen molar-refractivity contribution in [2.24, 2.45) is 0 Å². The molecule has 0 atom stereocenters. The van der Waals surface area contributed by atoms with E-state index < -0.39 is 0 Å². The Morgan fingerprint density at radius 1 is 1.04 bits per heavy atom. The number of benzene rings is 2. The van der Waals surface area contributed by atoms with Crippen LogP contribution in [-0.4, -0.2) is 26.3 Å². The summed E-state index contributed by atoms with van der Waals surface area (Å²) in [6, 6.07) is 14.5. The van der Waals surface area contributed by atoms with E-state index in [9.17, 15) is 4.79 Å². The minimum Gasteiger partial charge on any atom is -0.496 e. The first-order valence-electron chi connectivity index (χ1n) is 7.21. The molecule has 5 nitrogen and oxygen atoms in total. The van der Waals surface area contributed by atoms with Crippen LogP contribution in [0.1, 0.15) is 5.56 Å². The summed E-state index contributed by atoms with van der Waals surface area (Å²) in [4.78, 5) is 11.7. The minimum absolute atomic E-state index is 0.265. The van der Waals surface area contributed by atoms with Gasteiger partial charge in [0.15, 0.2) is 0 Å². The maximum atomic E-state index is 11.7. The summed E-state index contributed by atoms with van der Waals surface area (Å²) in [5, 5.41) is 6.04. The lowest BCUT2D eigenvalue weighted by molar-refractivity contribution is 0.236. The summed E-state index contributed by atoms with van der Waals surface area (Å²) in [6.45, 7) is 1.11. The van der Waals surface area contributed by atoms with Crippen molar-refractivity contribution in [1.82, 2.24) is 10.6 Å². The molecule has 0 bridgehead atoms. The van der Waals surface area contributed by atoms with Gasteiger partial charge >= 0.3 is 6.03 Å². The normalized spacial score (nSPS) is 10.0. The number of hydrogen-bond acceptors (Lipinski definition) is 3. The molecule has 0 unspecified atom stereocenters. The molecule has 2 N–H and O–H groups in total. The van der Waals surface area contributed by atoms with Gasteiger partial charge in [0.25, 0.3) is 0 Å². The van der Waals surface area contributed by atoms with E-state index in [1.165, 1.54) is 0 Å². The first kappa shape index (κ1) is 17.0. The Labute approximate surface area is 140 Å². The van der Waals surface area contributed by atoms with Crippen LogP contribution in [-0.2, 0) is 6.54 Å². The van der Waals surface area contributed by atoms with Crippen LogP contribution in [0.3, 0.4) is 0 Å². The standard InChI is InChI=1S/C17H19ClN2O3/c1-22-15-8-4-2-6-13(15)12-20-17(21)19-10-11-23-16-9-5-3-7-14(16)18/h2-9H,10-12H2,1H3,(H2,19,20,21). The highest BCUT2D eigenvalue weighted by atomic mass is 35.5. The second kappa shape index (κ2) is 8.90. The van der Waals surface area contributed by atoms with Crippen LogP contribution in [0.5, 0.6) is 11.5 Å². The molecule has 0 aliphatic rings. The van der Waals surface area contributed by atoms with Crippen LogP contribution in [0.2, 0.25) is 5.02 Å². The molecule has 0 aliphatic heterocycles. The van der Waals surface area contributed by atoms with Crippen molar-refractivity contribution in [2.45, 2.75) is 6.54 Å². The molecule has 0 aromatic heterocycles. The van der Waals surface area contributed by atoms with Crippen molar-refractivity contribution in [3.05, 3.63) is 59.1 Å². The van der Waals surface area contributed by atoms with Gasteiger partial charge < -0.3 is 20.1 Å². The predicted molar refractivity (Wildman–Crippen MR) is 90.2 cm³/mol. The molecule has 6 heteroatoms. The summed E-state index contributed by atoms with van der Waals surface area (Å²) >= 11 is 5.98. The van der Waals surface area contributed by atoms with Gasteiger partial charge in [0.2, 0.25) is 0 Å². The van der Waals surface area contributed by atoms with Crippen molar-refractivity contribution < 1.29 is 14.3 Å². The molecule has 0 spiro atoms. The fourth-order valence-electron chi connectivity index (χ4n) is 1.97. The molecule has 2 rings (SSSR count).